The minimum absolute atomic E-state index is 0.0486. The van der Waals surface area contributed by atoms with Crippen molar-refractivity contribution in [3.05, 3.63) is 29.8 Å². The van der Waals surface area contributed by atoms with Gasteiger partial charge >= 0.3 is 78.3 Å². The first-order chi connectivity index (χ1) is 7.90. The van der Waals surface area contributed by atoms with E-state index in [-0.39, 0.29) is 5.75 Å². The summed E-state index contributed by atoms with van der Waals surface area (Å²) in [6, 6.07) is 8.30. The molecule has 0 aliphatic heterocycles. The Bertz CT molecular complexity index is 420. The quantitative estimate of drug-likeness (QED) is 0.654. The molecule has 92 valence electrons. The van der Waals surface area contributed by atoms with Crippen molar-refractivity contribution in [3.8, 4) is 0 Å². The molecule has 0 atom stereocenters. The van der Waals surface area contributed by atoms with Gasteiger partial charge < -0.3 is 5.32 Å². The number of nitrogens with one attached hydrogen (secondary N) is 1. The summed E-state index contributed by atoms with van der Waals surface area (Å²) in [6.45, 7) is 5.20. The Hall–Kier alpha value is 0.566. The summed E-state index contributed by atoms with van der Waals surface area (Å²) in [4.78, 5) is 0. The normalized spacial score (nSPS) is 10.4. The zero-order valence-corrected chi connectivity index (χ0v) is 14.5. The van der Waals surface area contributed by atoms with Crippen molar-refractivity contribution < 1.29 is 13.0 Å². The van der Waals surface area contributed by atoms with E-state index < -0.39 is 10.1 Å². The Morgan fingerprint density at radius 3 is 2.29 bits per heavy atom. The van der Waals surface area contributed by atoms with Gasteiger partial charge in [-0.25, -0.2) is 0 Å². The summed E-state index contributed by atoms with van der Waals surface area (Å²) in [6.07, 6.45) is 0. The standard InChI is InChI=1S/C9H13N.C2H5O3S.K/c1-3-10-9-7-5-4-6-8(9)2;1-2-6(3,4)5;/h4-7,10H,3H2,1-2H3;1-2H2,(H,3,4,5);. The van der Waals surface area contributed by atoms with Gasteiger partial charge in [0, 0.05) is 12.2 Å². The molecule has 1 aromatic carbocycles. The minimum atomic E-state index is -3.63. The molecule has 0 aromatic heterocycles. The second-order valence-corrected chi connectivity index (χ2v) is 6.76. The van der Waals surface area contributed by atoms with E-state index in [0.717, 1.165) is 6.54 Å². The van der Waals surface area contributed by atoms with E-state index >= 15 is 0 Å². The number of benzene rings is 1. The number of hydrogen-bond donors (Lipinski definition) is 2. The third-order valence-electron chi connectivity index (χ3n) is 1.97. The summed E-state index contributed by atoms with van der Waals surface area (Å²) in [5.41, 5.74) is 2.55. The van der Waals surface area contributed by atoms with Gasteiger partial charge in [0.25, 0.3) is 0 Å². The Kier molecular flexibility index (Phi) is 9.81. The Labute approximate surface area is 138 Å². The van der Waals surface area contributed by atoms with E-state index in [1.807, 2.05) is 6.07 Å². The summed E-state index contributed by atoms with van der Waals surface area (Å²) in [5, 5.41) is 3.28. The van der Waals surface area contributed by atoms with Gasteiger partial charge in [0.2, 0.25) is 0 Å². The van der Waals surface area contributed by atoms with E-state index in [2.05, 4.69) is 37.4 Å². The first kappa shape index (κ1) is 17.6. The van der Waals surface area contributed by atoms with Crippen molar-refractivity contribution >= 4 is 64.8 Å². The first-order valence-electron chi connectivity index (χ1n) is 5.65. The molecule has 2 N–H and O–H groups in total. The molecule has 0 fully saturated rings. The van der Waals surface area contributed by atoms with Crippen LogP contribution in [0, 0.1) is 6.92 Å². The molecule has 17 heavy (non-hydrogen) atoms. The molecule has 0 heterocycles. The third-order valence-corrected chi connectivity index (χ3v) is 4.81. The van der Waals surface area contributed by atoms with Crippen LogP contribution in [0.25, 0.3) is 0 Å². The van der Waals surface area contributed by atoms with E-state index in [9.17, 15) is 8.42 Å². The number of hydrogen-bond acceptors (Lipinski definition) is 3. The van der Waals surface area contributed by atoms with Crippen molar-refractivity contribution in [2.24, 2.45) is 0 Å². The van der Waals surface area contributed by atoms with Gasteiger partial charge in [-0.1, -0.05) is 18.2 Å². The van der Waals surface area contributed by atoms with E-state index in [1.54, 1.807) is 0 Å². The molecule has 1 aromatic rings. The maximum absolute atomic E-state index is 9.82. The fourth-order valence-corrected chi connectivity index (χ4v) is 4.15. The maximum atomic E-state index is 9.82. The molecule has 0 aliphatic rings. The van der Waals surface area contributed by atoms with Gasteiger partial charge in [-0.15, -0.1) is 0 Å². The summed E-state index contributed by atoms with van der Waals surface area (Å²) >= 11 is 0.531. The van der Waals surface area contributed by atoms with Crippen LogP contribution in [0.1, 0.15) is 12.5 Å². The molecule has 4 nitrogen and oxygen atoms in total. The molecule has 0 bridgehead atoms. The van der Waals surface area contributed by atoms with Gasteiger partial charge in [-0.3, -0.25) is 0 Å². The van der Waals surface area contributed by atoms with E-state index in [4.69, 9.17) is 4.55 Å². The molecule has 0 saturated heterocycles. The number of aryl methyl sites for hydroxylation is 1. The summed E-state index contributed by atoms with van der Waals surface area (Å²) < 4.78 is 28.3. The van der Waals surface area contributed by atoms with Crippen LogP contribution in [0.4, 0.5) is 5.69 Å². The monoisotopic (exact) mass is 283 g/mol. The predicted octanol–water partition coefficient (Wildman–Crippen LogP) is 1.89. The molecular weight excluding hydrogens is 265 g/mol. The molecule has 6 heteroatoms. The molecule has 0 spiro atoms. The first-order valence-corrected chi connectivity index (χ1v) is 9.47. The Balaban J connectivity index is 0.000000325. The van der Waals surface area contributed by atoms with Crippen LogP contribution in [0.2, 0.25) is 0.515 Å². The van der Waals surface area contributed by atoms with Crippen LogP contribution in [0.15, 0.2) is 24.3 Å². The molecule has 0 unspecified atom stereocenters. The molecule has 1 rings (SSSR count). The predicted molar refractivity (Wildman–Crippen MR) is 72.3 cm³/mol. The average Bonchev–Trinajstić information content (AvgIpc) is 2.21. The van der Waals surface area contributed by atoms with Crippen LogP contribution in [0.5, 0.6) is 0 Å². The van der Waals surface area contributed by atoms with Gasteiger partial charge in [-0.05, 0) is 25.5 Å². The van der Waals surface area contributed by atoms with Crippen LogP contribution < -0.4 is 5.32 Å². The van der Waals surface area contributed by atoms with Crippen molar-refractivity contribution in [2.45, 2.75) is 14.4 Å². The summed E-state index contributed by atoms with van der Waals surface area (Å²) in [7, 11) is -3.63. The second kappa shape index (κ2) is 9.49. The Morgan fingerprint density at radius 1 is 1.35 bits per heavy atom. The van der Waals surface area contributed by atoms with Crippen molar-refractivity contribution in [1.82, 2.24) is 0 Å². The zero-order valence-electron chi connectivity index (χ0n) is 10.6. The topological polar surface area (TPSA) is 66.4 Å². The molecule has 0 aliphatic carbocycles. The van der Waals surface area contributed by atoms with E-state index in [1.165, 1.54) is 11.3 Å². The SMILES string of the molecule is CCNc1ccccc1C.O=S(=O)(O)C[CH2][K]. The van der Waals surface area contributed by atoms with E-state index in [0.29, 0.717) is 49.5 Å². The number of para-hydroxylation sites is 1. The fraction of sp³-hybridized carbons (Fsp3) is 0.455. The van der Waals surface area contributed by atoms with Crippen molar-refractivity contribution in [1.29, 1.82) is 0 Å². The van der Waals surface area contributed by atoms with Gasteiger partial charge in [-0.2, -0.15) is 0 Å². The van der Waals surface area contributed by atoms with Crippen LogP contribution in [-0.2, 0) is 10.1 Å². The molecule has 0 amide bonds. The fourth-order valence-electron chi connectivity index (χ4n) is 1.22. The zero-order chi connectivity index (χ0) is 13.3. The number of rotatable bonds is 4. The summed E-state index contributed by atoms with van der Waals surface area (Å²) in [5.74, 6) is -0.0486. The van der Waals surface area contributed by atoms with Crippen LogP contribution >= 0.6 is 0 Å². The Morgan fingerprint density at radius 2 is 1.94 bits per heavy atom. The van der Waals surface area contributed by atoms with Crippen LogP contribution in [-0.4, -0.2) is 74.2 Å². The second-order valence-electron chi connectivity index (χ2n) is 3.63. The van der Waals surface area contributed by atoms with Crippen molar-refractivity contribution in [2.75, 3.05) is 17.6 Å². The van der Waals surface area contributed by atoms with Gasteiger partial charge in [0.05, 0.1) is 0 Å². The molecule has 0 radical (unpaired) electrons. The van der Waals surface area contributed by atoms with Crippen molar-refractivity contribution in [3.63, 3.8) is 0 Å². The average molecular weight is 283 g/mol. The van der Waals surface area contributed by atoms with Gasteiger partial charge in [0.1, 0.15) is 0 Å². The van der Waals surface area contributed by atoms with Crippen LogP contribution in [0.3, 0.4) is 0 Å². The molecular formula is C11H18KNO3S. The number of anilines is 1. The molecule has 0 saturated carbocycles. The van der Waals surface area contributed by atoms with Gasteiger partial charge in [0.15, 0.2) is 0 Å². The third kappa shape index (κ3) is 10.2.